The lowest BCUT2D eigenvalue weighted by Crippen LogP contribution is -2.49. The van der Waals surface area contributed by atoms with Crippen LogP contribution in [0.2, 0.25) is 0 Å². The van der Waals surface area contributed by atoms with Gasteiger partial charge in [0.2, 0.25) is 0 Å². The van der Waals surface area contributed by atoms with E-state index in [1.54, 1.807) is 12.1 Å². The molecule has 1 aliphatic heterocycles. The minimum Gasteiger partial charge on any atom is -0.451 e. The van der Waals surface area contributed by atoms with Crippen molar-refractivity contribution in [2.24, 2.45) is 0 Å². The zero-order valence-electron chi connectivity index (χ0n) is 16.8. The predicted octanol–water partition coefficient (Wildman–Crippen LogP) is 3.46. The number of esters is 1. The fourth-order valence-corrected chi connectivity index (χ4v) is 4.46. The monoisotopic (exact) mass is 439 g/mol. The van der Waals surface area contributed by atoms with Gasteiger partial charge in [-0.25, -0.2) is 18.6 Å². The fourth-order valence-electron chi connectivity index (χ4n) is 4.46. The first-order valence-electron chi connectivity index (χ1n) is 10.2. The third-order valence-electron chi connectivity index (χ3n) is 6.20. The Morgan fingerprint density at radius 2 is 1.78 bits per heavy atom. The minimum absolute atomic E-state index is 0.0935. The highest BCUT2D eigenvalue weighted by atomic mass is 19.1. The van der Waals surface area contributed by atoms with Crippen LogP contribution in [-0.2, 0) is 15.1 Å². The predicted molar refractivity (Wildman–Crippen MR) is 109 cm³/mol. The summed E-state index contributed by atoms with van der Waals surface area (Å²) in [6, 6.07) is 10.2. The number of nitrogens with one attached hydrogen (secondary N) is 1. The van der Waals surface area contributed by atoms with E-state index in [1.165, 1.54) is 17.1 Å². The number of amides is 1. The van der Waals surface area contributed by atoms with Crippen molar-refractivity contribution in [3.8, 4) is 5.69 Å². The highest BCUT2D eigenvalue weighted by Gasteiger charge is 2.52. The highest BCUT2D eigenvalue weighted by Crippen LogP contribution is 2.49. The van der Waals surface area contributed by atoms with Gasteiger partial charge in [-0.1, -0.05) is 18.2 Å². The van der Waals surface area contributed by atoms with Crippen molar-refractivity contribution in [1.29, 1.82) is 0 Å². The number of fused-ring (bicyclic) bond motifs is 2. The average Bonchev–Trinajstić information content (AvgIpc) is 3.33. The zero-order chi connectivity index (χ0) is 22.5. The summed E-state index contributed by atoms with van der Waals surface area (Å²) >= 11 is 0. The van der Waals surface area contributed by atoms with Crippen LogP contribution in [0.5, 0.6) is 0 Å². The standard InChI is InChI=1S/C23H19F2N3O4/c24-14-9-15(25)11-16(10-14)28-12-19(26-13-28)27-21(30)22(31)5-7-23(8-6-22)18-4-2-1-3-17(18)20(29)32-23/h1-4,9-13,31H,5-8H2,(H,27,30). The molecule has 7 nitrogen and oxygen atoms in total. The summed E-state index contributed by atoms with van der Waals surface area (Å²) in [6.45, 7) is 0. The topological polar surface area (TPSA) is 93.5 Å². The largest absolute Gasteiger partial charge is 0.451 e. The molecule has 1 saturated carbocycles. The maximum Gasteiger partial charge on any atom is 0.339 e. The van der Waals surface area contributed by atoms with E-state index in [1.807, 2.05) is 12.1 Å². The molecule has 2 N–H and O–H groups in total. The second-order valence-electron chi connectivity index (χ2n) is 8.21. The van der Waals surface area contributed by atoms with E-state index in [-0.39, 0.29) is 24.3 Å². The lowest BCUT2D eigenvalue weighted by atomic mass is 9.72. The summed E-state index contributed by atoms with van der Waals surface area (Å²) in [5, 5.41) is 13.5. The van der Waals surface area contributed by atoms with E-state index in [0.29, 0.717) is 18.4 Å². The summed E-state index contributed by atoms with van der Waals surface area (Å²) in [4.78, 5) is 29.1. The SMILES string of the molecule is O=C1OC2(CCC(O)(C(=O)Nc3cn(-c4cc(F)cc(F)c4)cn3)CC2)c2ccccc21. The number of hydrogen-bond donors (Lipinski definition) is 2. The Labute approximate surface area is 181 Å². The van der Waals surface area contributed by atoms with Crippen LogP contribution in [0.3, 0.4) is 0 Å². The smallest absolute Gasteiger partial charge is 0.339 e. The fraction of sp³-hybridized carbons (Fsp3) is 0.261. The number of ether oxygens (including phenoxy) is 1. The molecule has 0 unspecified atom stereocenters. The average molecular weight is 439 g/mol. The number of aromatic nitrogens is 2. The molecule has 0 saturated heterocycles. The summed E-state index contributed by atoms with van der Waals surface area (Å²) in [5.74, 6) is -2.38. The van der Waals surface area contributed by atoms with Gasteiger partial charge in [0, 0.05) is 11.6 Å². The third kappa shape index (κ3) is 3.34. The molecule has 0 radical (unpaired) electrons. The van der Waals surface area contributed by atoms with Crippen LogP contribution >= 0.6 is 0 Å². The first-order chi connectivity index (χ1) is 15.3. The van der Waals surface area contributed by atoms with Gasteiger partial charge >= 0.3 is 5.97 Å². The molecule has 2 heterocycles. The third-order valence-corrected chi connectivity index (χ3v) is 6.20. The van der Waals surface area contributed by atoms with Crippen LogP contribution in [-0.4, -0.2) is 32.1 Å². The number of halogens is 2. The van der Waals surface area contributed by atoms with Crippen molar-refractivity contribution in [3.05, 3.63) is 77.8 Å². The molecule has 3 aromatic rings. The van der Waals surface area contributed by atoms with Gasteiger partial charge in [0.15, 0.2) is 5.82 Å². The minimum atomic E-state index is -1.66. The first-order valence-corrected chi connectivity index (χ1v) is 10.2. The van der Waals surface area contributed by atoms with Crippen LogP contribution in [0, 0.1) is 11.6 Å². The number of carbonyl (C=O) groups excluding carboxylic acids is 2. The summed E-state index contributed by atoms with van der Waals surface area (Å²) < 4.78 is 33.9. The van der Waals surface area contributed by atoms with E-state index in [9.17, 15) is 23.5 Å². The Morgan fingerprint density at radius 1 is 1.09 bits per heavy atom. The number of anilines is 1. The summed E-state index contributed by atoms with van der Waals surface area (Å²) in [6.07, 6.45) is 3.49. The molecule has 0 atom stereocenters. The highest BCUT2D eigenvalue weighted by molar-refractivity contribution is 5.97. The van der Waals surface area contributed by atoms with Crippen molar-refractivity contribution < 1.29 is 28.2 Å². The molecule has 5 rings (SSSR count). The molecule has 2 aromatic carbocycles. The molecule has 1 amide bonds. The number of benzene rings is 2. The van der Waals surface area contributed by atoms with E-state index in [2.05, 4.69) is 10.3 Å². The van der Waals surface area contributed by atoms with Gasteiger partial charge in [-0.05, 0) is 43.9 Å². The van der Waals surface area contributed by atoms with Gasteiger partial charge in [0.1, 0.15) is 29.2 Å². The molecule has 164 valence electrons. The Bertz CT molecular complexity index is 1210. The van der Waals surface area contributed by atoms with Crippen LogP contribution in [0.4, 0.5) is 14.6 Å². The Kier molecular flexibility index (Phi) is 4.59. The van der Waals surface area contributed by atoms with E-state index in [4.69, 9.17) is 4.74 Å². The second-order valence-corrected chi connectivity index (χ2v) is 8.21. The van der Waals surface area contributed by atoms with Crippen molar-refractivity contribution in [2.45, 2.75) is 36.9 Å². The lowest BCUT2D eigenvalue weighted by molar-refractivity contribution is -0.144. The van der Waals surface area contributed by atoms with Gasteiger partial charge in [0.05, 0.1) is 17.4 Å². The Balaban J connectivity index is 1.29. The van der Waals surface area contributed by atoms with Crippen molar-refractivity contribution in [1.82, 2.24) is 9.55 Å². The van der Waals surface area contributed by atoms with E-state index in [0.717, 1.165) is 23.8 Å². The number of carbonyl (C=O) groups is 2. The normalized spacial score (nSPS) is 24.3. The number of hydrogen-bond acceptors (Lipinski definition) is 5. The second kappa shape index (κ2) is 7.23. The maximum absolute atomic E-state index is 13.5. The lowest BCUT2D eigenvalue weighted by Gasteiger charge is -2.40. The molecule has 9 heteroatoms. The number of nitrogens with zero attached hydrogens (tertiary/aromatic N) is 2. The van der Waals surface area contributed by atoms with Crippen molar-refractivity contribution in [2.75, 3.05) is 5.32 Å². The number of imidazole rings is 1. The quantitative estimate of drug-likeness (QED) is 0.610. The van der Waals surface area contributed by atoms with Crippen LogP contribution in [0.15, 0.2) is 55.0 Å². The summed E-state index contributed by atoms with van der Waals surface area (Å²) in [7, 11) is 0. The van der Waals surface area contributed by atoms with Crippen LogP contribution < -0.4 is 5.32 Å². The first kappa shape index (κ1) is 20.3. The van der Waals surface area contributed by atoms with Gasteiger partial charge < -0.3 is 19.7 Å². The van der Waals surface area contributed by atoms with Gasteiger partial charge in [-0.2, -0.15) is 0 Å². The molecular formula is C23H19F2N3O4. The molecule has 2 aliphatic rings. The van der Waals surface area contributed by atoms with E-state index < -0.39 is 34.7 Å². The van der Waals surface area contributed by atoms with Crippen LogP contribution in [0.25, 0.3) is 5.69 Å². The number of rotatable bonds is 3. The molecule has 1 fully saturated rings. The Hall–Kier alpha value is -3.59. The van der Waals surface area contributed by atoms with E-state index >= 15 is 0 Å². The van der Waals surface area contributed by atoms with Crippen molar-refractivity contribution >= 4 is 17.7 Å². The zero-order valence-corrected chi connectivity index (χ0v) is 16.8. The molecule has 1 spiro atoms. The van der Waals surface area contributed by atoms with Crippen LogP contribution in [0.1, 0.15) is 41.6 Å². The van der Waals surface area contributed by atoms with Gasteiger partial charge in [0.25, 0.3) is 5.91 Å². The molecular weight excluding hydrogens is 420 g/mol. The Morgan fingerprint density at radius 3 is 2.50 bits per heavy atom. The molecule has 1 aliphatic carbocycles. The molecule has 0 bridgehead atoms. The maximum atomic E-state index is 13.5. The molecule has 1 aromatic heterocycles. The molecule has 32 heavy (non-hydrogen) atoms. The summed E-state index contributed by atoms with van der Waals surface area (Å²) in [5.41, 5.74) is -0.988. The van der Waals surface area contributed by atoms with Crippen molar-refractivity contribution in [3.63, 3.8) is 0 Å². The van der Waals surface area contributed by atoms with Gasteiger partial charge in [-0.15, -0.1) is 0 Å². The number of aliphatic hydroxyl groups is 1. The van der Waals surface area contributed by atoms with Gasteiger partial charge in [-0.3, -0.25) is 4.79 Å².